The van der Waals surface area contributed by atoms with Gasteiger partial charge in [-0.2, -0.15) is 0 Å². The van der Waals surface area contributed by atoms with Crippen molar-refractivity contribution < 1.29 is 9.53 Å². The quantitative estimate of drug-likeness (QED) is 0.246. The first-order chi connectivity index (χ1) is 14.9. The lowest BCUT2D eigenvalue weighted by molar-refractivity contribution is 0.0527. The molecule has 0 fully saturated rings. The van der Waals surface area contributed by atoms with E-state index in [1.807, 2.05) is 35.9 Å². The zero-order chi connectivity index (χ0) is 22.1. The summed E-state index contributed by atoms with van der Waals surface area (Å²) in [6, 6.07) is 18.6. The lowest BCUT2D eigenvalue weighted by Gasteiger charge is -2.10. The fourth-order valence-corrected chi connectivity index (χ4v) is 4.51. The van der Waals surface area contributed by atoms with Crippen LogP contribution in [-0.4, -0.2) is 23.1 Å². The maximum absolute atomic E-state index is 12.8. The summed E-state index contributed by atoms with van der Waals surface area (Å²) in [5.41, 5.74) is 15.3. The highest BCUT2D eigenvalue weighted by atomic mass is 79.9. The van der Waals surface area contributed by atoms with Gasteiger partial charge in [-0.1, -0.05) is 58.4 Å². The Morgan fingerprint density at radius 3 is 2.55 bits per heavy atom. The first kappa shape index (κ1) is 20.9. The second kappa shape index (κ2) is 8.43. The second-order valence-corrected chi connectivity index (χ2v) is 8.07. The highest BCUT2D eigenvalue weighted by Crippen LogP contribution is 2.39. The molecular formula is C24H23BrN4O2. The summed E-state index contributed by atoms with van der Waals surface area (Å²) in [5, 5.41) is 3.11. The highest BCUT2D eigenvalue weighted by Gasteiger charge is 2.24. The van der Waals surface area contributed by atoms with Crippen molar-refractivity contribution in [1.29, 1.82) is 0 Å². The molecule has 0 bridgehead atoms. The minimum atomic E-state index is -0.390. The van der Waals surface area contributed by atoms with Crippen molar-refractivity contribution in [2.24, 2.45) is 23.5 Å². The number of carbonyl (C=O) groups excluding carboxylic acids is 1. The highest BCUT2D eigenvalue weighted by molar-refractivity contribution is 9.10. The molecule has 0 aliphatic carbocycles. The third-order valence-corrected chi connectivity index (χ3v) is 6.04. The van der Waals surface area contributed by atoms with Gasteiger partial charge in [0.05, 0.1) is 24.4 Å². The average molecular weight is 479 g/mol. The van der Waals surface area contributed by atoms with Gasteiger partial charge in [0, 0.05) is 22.4 Å². The number of hydrogen-bond acceptors (Lipinski definition) is 3. The maximum atomic E-state index is 12.8. The Hall–Kier alpha value is -3.32. The molecule has 6 nitrogen and oxygen atoms in total. The molecule has 7 heteroatoms. The van der Waals surface area contributed by atoms with E-state index in [9.17, 15) is 4.79 Å². The number of hydrogen-bond donors (Lipinski definition) is 2. The van der Waals surface area contributed by atoms with Gasteiger partial charge in [0.2, 0.25) is 0 Å². The van der Waals surface area contributed by atoms with Gasteiger partial charge < -0.3 is 20.8 Å². The smallest absolute Gasteiger partial charge is 0.340 e. The SMILES string of the molecule is CCOC(=O)c1c(CN=C(N)N)n(C)c2cc(-c3cccc4ccccc34)c(Br)cc12. The predicted octanol–water partition coefficient (Wildman–Crippen LogP) is 4.71. The van der Waals surface area contributed by atoms with E-state index in [-0.39, 0.29) is 19.1 Å². The van der Waals surface area contributed by atoms with Gasteiger partial charge in [-0.05, 0) is 41.0 Å². The van der Waals surface area contributed by atoms with E-state index < -0.39 is 5.97 Å². The number of benzene rings is 3. The Morgan fingerprint density at radius 2 is 1.81 bits per heavy atom. The topological polar surface area (TPSA) is 95.6 Å². The van der Waals surface area contributed by atoms with Gasteiger partial charge >= 0.3 is 5.97 Å². The first-order valence-electron chi connectivity index (χ1n) is 9.93. The molecule has 0 aliphatic rings. The summed E-state index contributed by atoms with van der Waals surface area (Å²) in [5.74, 6) is -0.420. The fraction of sp³-hybridized carbons (Fsp3) is 0.167. The van der Waals surface area contributed by atoms with E-state index in [1.54, 1.807) is 6.92 Å². The Balaban J connectivity index is 2.00. The summed E-state index contributed by atoms with van der Waals surface area (Å²) in [6.45, 7) is 2.25. The van der Waals surface area contributed by atoms with Crippen LogP contribution in [0.2, 0.25) is 0 Å². The number of esters is 1. The number of nitrogens with two attached hydrogens (primary N) is 2. The molecule has 0 atom stereocenters. The summed E-state index contributed by atoms with van der Waals surface area (Å²) >= 11 is 3.73. The zero-order valence-electron chi connectivity index (χ0n) is 17.4. The number of carbonyl (C=O) groups is 1. The fourth-order valence-electron chi connectivity index (χ4n) is 3.96. The van der Waals surface area contributed by atoms with Gasteiger partial charge in [0.15, 0.2) is 5.96 Å². The van der Waals surface area contributed by atoms with Gasteiger partial charge in [0.1, 0.15) is 0 Å². The van der Waals surface area contributed by atoms with Crippen molar-refractivity contribution in [2.45, 2.75) is 13.5 Å². The summed E-state index contributed by atoms with van der Waals surface area (Å²) in [4.78, 5) is 16.9. The van der Waals surface area contributed by atoms with Crippen LogP contribution in [0.25, 0.3) is 32.8 Å². The predicted molar refractivity (Wildman–Crippen MR) is 129 cm³/mol. The third-order valence-electron chi connectivity index (χ3n) is 5.38. The zero-order valence-corrected chi connectivity index (χ0v) is 18.9. The first-order valence-corrected chi connectivity index (χ1v) is 10.7. The van der Waals surface area contributed by atoms with Crippen LogP contribution in [0.4, 0.5) is 0 Å². The minimum Gasteiger partial charge on any atom is -0.462 e. The Kier molecular flexibility index (Phi) is 5.69. The van der Waals surface area contributed by atoms with Crippen LogP contribution in [0, 0.1) is 0 Å². The Labute approximate surface area is 188 Å². The van der Waals surface area contributed by atoms with E-state index in [0.717, 1.165) is 31.9 Å². The maximum Gasteiger partial charge on any atom is 0.340 e. The van der Waals surface area contributed by atoms with Crippen molar-refractivity contribution in [3.63, 3.8) is 0 Å². The molecule has 4 aromatic rings. The number of fused-ring (bicyclic) bond motifs is 2. The van der Waals surface area contributed by atoms with E-state index in [4.69, 9.17) is 16.2 Å². The molecule has 4 rings (SSSR count). The largest absolute Gasteiger partial charge is 0.462 e. The monoisotopic (exact) mass is 478 g/mol. The number of aromatic nitrogens is 1. The van der Waals surface area contributed by atoms with E-state index in [2.05, 4.69) is 51.3 Å². The Bertz CT molecular complexity index is 1330. The number of nitrogens with zero attached hydrogens (tertiary/aromatic N) is 2. The van der Waals surface area contributed by atoms with Crippen LogP contribution in [0.5, 0.6) is 0 Å². The third kappa shape index (κ3) is 3.77. The van der Waals surface area contributed by atoms with Gasteiger partial charge in [0.25, 0.3) is 0 Å². The van der Waals surface area contributed by atoms with Crippen molar-refractivity contribution in [2.75, 3.05) is 6.61 Å². The van der Waals surface area contributed by atoms with Crippen molar-refractivity contribution in [3.05, 3.63) is 70.3 Å². The molecule has 0 radical (unpaired) electrons. The van der Waals surface area contributed by atoms with E-state index in [1.165, 1.54) is 5.39 Å². The molecule has 158 valence electrons. The van der Waals surface area contributed by atoms with Crippen LogP contribution < -0.4 is 11.5 Å². The molecule has 1 heterocycles. The average Bonchev–Trinajstić information content (AvgIpc) is 3.02. The number of ether oxygens (including phenoxy) is 1. The van der Waals surface area contributed by atoms with Crippen LogP contribution in [0.1, 0.15) is 23.0 Å². The normalized spacial score (nSPS) is 11.1. The number of halogens is 1. The summed E-state index contributed by atoms with van der Waals surface area (Å²) < 4.78 is 8.17. The number of aliphatic imine (C=N–C) groups is 1. The molecule has 0 amide bonds. The number of aryl methyl sites for hydroxylation is 1. The van der Waals surface area contributed by atoms with Gasteiger partial charge in [-0.25, -0.2) is 9.79 Å². The number of rotatable bonds is 5. The number of guanidine groups is 1. The molecule has 3 aromatic carbocycles. The molecule has 1 aromatic heterocycles. The molecule has 31 heavy (non-hydrogen) atoms. The molecule has 0 aliphatic heterocycles. The summed E-state index contributed by atoms with van der Waals surface area (Å²) in [7, 11) is 1.91. The van der Waals surface area contributed by atoms with Crippen LogP contribution in [0.3, 0.4) is 0 Å². The lowest BCUT2D eigenvalue weighted by atomic mass is 9.97. The van der Waals surface area contributed by atoms with Gasteiger partial charge in [-0.3, -0.25) is 0 Å². The van der Waals surface area contributed by atoms with Gasteiger partial charge in [-0.15, -0.1) is 0 Å². The minimum absolute atomic E-state index is 0.0299. The standard InChI is InChI=1S/C24H23BrN4O2/c1-3-31-23(30)22-18-11-19(25)17(12-20(18)29(2)21(22)13-28-24(26)27)16-10-6-8-14-7-4-5-9-15(14)16/h4-12H,3,13H2,1-2H3,(H4,26,27,28). The van der Waals surface area contributed by atoms with E-state index in [0.29, 0.717) is 11.3 Å². The van der Waals surface area contributed by atoms with Crippen molar-refractivity contribution in [3.8, 4) is 11.1 Å². The molecule has 4 N–H and O–H groups in total. The molecule has 0 saturated heterocycles. The van der Waals surface area contributed by atoms with E-state index >= 15 is 0 Å². The lowest BCUT2D eigenvalue weighted by Crippen LogP contribution is -2.23. The summed E-state index contributed by atoms with van der Waals surface area (Å²) in [6.07, 6.45) is 0. The Morgan fingerprint density at radius 1 is 1.06 bits per heavy atom. The molecule has 0 saturated carbocycles. The molecular weight excluding hydrogens is 456 g/mol. The van der Waals surface area contributed by atoms with Crippen molar-refractivity contribution in [1.82, 2.24) is 4.57 Å². The molecule has 0 spiro atoms. The van der Waals surface area contributed by atoms with Crippen LogP contribution in [-0.2, 0) is 18.3 Å². The van der Waals surface area contributed by atoms with Crippen molar-refractivity contribution >= 4 is 49.5 Å². The van der Waals surface area contributed by atoms with Crippen LogP contribution >= 0.6 is 15.9 Å². The second-order valence-electron chi connectivity index (χ2n) is 7.22. The van der Waals surface area contributed by atoms with Crippen LogP contribution in [0.15, 0.2) is 64.1 Å². The molecule has 0 unspecified atom stereocenters.